The summed E-state index contributed by atoms with van der Waals surface area (Å²) in [4.78, 5) is 16.5. The fourth-order valence-corrected chi connectivity index (χ4v) is 4.26. The number of aromatic nitrogens is 2. The Kier molecular flexibility index (Phi) is 7.45. The minimum absolute atomic E-state index is 0.0334. The topological polar surface area (TPSA) is 79.2 Å². The number of aryl methyl sites for hydroxylation is 1. The molecule has 2 atom stereocenters. The predicted molar refractivity (Wildman–Crippen MR) is 112 cm³/mol. The lowest BCUT2D eigenvalue weighted by Gasteiger charge is -2.26. The van der Waals surface area contributed by atoms with E-state index in [2.05, 4.69) is 35.0 Å². The van der Waals surface area contributed by atoms with Gasteiger partial charge in [0.25, 0.3) is 0 Å². The van der Waals surface area contributed by atoms with Gasteiger partial charge in [0.05, 0.1) is 11.0 Å². The van der Waals surface area contributed by atoms with Crippen molar-refractivity contribution in [3.63, 3.8) is 0 Å². The number of benzene rings is 1. The average molecular weight is 387 g/mol. The number of nitrogens with zero attached hydrogens (tertiary/aromatic N) is 2. The second-order valence-corrected chi connectivity index (χ2v) is 8.10. The van der Waals surface area contributed by atoms with Crippen molar-refractivity contribution in [2.75, 3.05) is 13.1 Å². The maximum atomic E-state index is 11.5. The Labute approximate surface area is 167 Å². The first-order chi connectivity index (χ1) is 13.6. The van der Waals surface area contributed by atoms with E-state index in [0.717, 1.165) is 30.6 Å². The molecular formula is C22H34N4O2. The van der Waals surface area contributed by atoms with E-state index in [1.54, 1.807) is 5.48 Å². The lowest BCUT2D eigenvalue weighted by Crippen LogP contribution is -2.32. The number of carbonyl (C=O) groups excluding carboxylic acids is 1. The van der Waals surface area contributed by atoms with Crippen LogP contribution in [0.4, 0.5) is 0 Å². The predicted octanol–water partition coefficient (Wildman–Crippen LogP) is 4.08. The number of hydrogen-bond acceptors (Lipinski definition) is 4. The Morgan fingerprint density at radius 2 is 2.25 bits per heavy atom. The summed E-state index contributed by atoms with van der Waals surface area (Å²) in [5, 5.41) is 12.3. The molecule has 1 aromatic carbocycles. The number of hydrogen-bond donors (Lipinski definition) is 3. The Hall–Kier alpha value is -1.92. The van der Waals surface area contributed by atoms with Crippen molar-refractivity contribution in [2.24, 2.45) is 0 Å². The molecule has 0 bridgehead atoms. The Bertz CT molecular complexity index is 780. The molecule has 1 aliphatic heterocycles. The molecule has 1 saturated heterocycles. The Morgan fingerprint density at radius 1 is 1.39 bits per heavy atom. The fraction of sp³-hybridized carbons (Fsp3) is 0.636. The van der Waals surface area contributed by atoms with E-state index in [4.69, 9.17) is 10.2 Å². The molecular weight excluding hydrogens is 352 g/mol. The van der Waals surface area contributed by atoms with Crippen LogP contribution in [0.1, 0.15) is 82.1 Å². The van der Waals surface area contributed by atoms with Crippen molar-refractivity contribution < 1.29 is 10.0 Å². The summed E-state index contributed by atoms with van der Waals surface area (Å²) in [6.07, 6.45) is 8.62. The van der Waals surface area contributed by atoms with Gasteiger partial charge in [0, 0.05) is 25.4 Å². The van der Waals surface area contributed by atoms with Crippen molar-refractivity contribution in [3.8, 4) is 0 Å². The molecule has 2 heterocycles. The van der Waals surface area contributed by atoms with Gasteiger partial charge in [-0.15, -0.1) is 0 Å². The van der Waals surface area contributed by atoms with Crippen LogP contribution in [-0.4, -0.2) is 33.8 Å². The van der Waals surface area contributed by atoms with Crippen LogP contribution in [0.3, 0.4) is 0 Å². The van der Waals surface area contributed by atoms with Gasteiger partial charge < -0.3 is 9.88 Å². The third kappa shape index (κ3) is 4.92. The molecule has 1 aliphatic rings. The summed E-state index contributed by atoms with van der Waals surface area (Å²) in [5.41, 5.74) is 5.02. The molecule has 2 unspecified atom stereocenters. The number of rotatable bonds is 9. The van der Waals surface area contributed by atoms with E-state index in [1.165, 1.54) is 49.9 Å². The summed E-state index contributed by atoms with van der Waals surface area (Å²) in [6, 6.07) is 6.85. The highest BCUT2D eigenvalue weighted by Gasteiger charge is 2.22. The number of fused-ring (bicyclic) bond motifs is 1. The Balaban J connectivity index is 1.89. The molecule has 0 spiro atoms. The third-order valence-corrected chi connectivity index (χ3v) is 5.86. The van der Waals surface area contributed by atoms with Crippen LogP contribution in [0.2, 0.25) is 0 Å². The second kappa shape index (κ2) is 10.0. The van der Waals surface area contributed by atoms with Crippen LogP contribution >= 0.6 is 0 Å². The zero-order valence-corrected chi connectivity index (χ0v) is 17.2. The minimum atomic E-state index is -0.358. The number of unbranched alkanes of at least 4 members (excludes halogenated alkanes) is 3. The smallest absolute Gasteiger partial charge is 0.243 e. The van der Waals surface area contributed by atoms with Crippen molar-refractivity contribution in [1.29, 1.82) is 0 Å². The fourth-order valence-electron chi connectivity index (χ4n) is 4.26. The monoisotopic (exact) mass is 386 g/mol. The van der Waals surface area contributed by atoms with Crippen LogP contribution in [0, 0.1) is 0 Å². The van der Waals surface area contributed by atoms with Gasteiger partial charge in [0.1, 0.15) is 5.82 Å². The van der Waals surface area contributed by atoms with Gasteiger partial charge in [-0.3, -0.25) is 10.0 Å². The largest absolute Gasteiger partial charge is 0.324 e. The van der Waals surface area contributed by atoms with Gasteiger partial charge in [-0.25, -0.2) is 10.5 Å². The molecule has 6 heteroatoms. The highest BCUT2D eigenvalue weighted by molar-refractivity contribution is 5.79. The number of nitrogens with one attached hydrogen (secondary N) is 2. The number of piperidine rings is 1. The first kappa shape index (κ1) is 20.8. The van der Waals surface area contributed by atoms with E-state index in [9.17, 15) is 4.79 Å². The summed E-state index contributed by atoms with van der Waals surface area (Å²) >= 11 is 0. The lowest BCUT2D eigenvalue weighted by atomic mass is 9.97. The molecule has 3 rings (SSSR count). The maximum Gasteiger partial charge on any atom is 0.243 e. The van der Waals surface area contributed by atoms with Gasteiger partial charge in [0.15, 0.2) is 0 Å². The minimum Gasteiger partial charge on any atom is -0.324 e. The van der Waals surface area contributed by atoms with E-state index < -0.39 is 0 Å². The van der Waals surface area contributed by atoms with Gasteiger partial charge in [0.2, 0.25) is 5.91 Å². The summed E-state index contributed by atoms with van der Waals surface area (Å²) < 4.78 is 2.46. The van der Waals surface area contributed by atoms with Crippen molar-refractivity contribution in [3.05, 3.63) is 29.6 Å². The van der Waals surface area contributed by atoms with Crippen LogP contribution in [0.15, 0.2) is 18.2 Å². The molecule has 6 nitrogen and oxygen atoms in total. The lowest BCUT2D eigenvalue weighted by molar-refractivity contribution is -0.129. The third-order valence-electron chi connectivity index (χ3n) is 5.86. The van der Waals surface area contributed by atoms with Gasteiger partial charge in [-0.2, -0.15) is 0 Å². The zero-order chi connectivity index (χ0) is 19.9. The summed E-state index contributed by atoms with van der Waals surface area (Å²) in [5.74, 6) is 0.867. The number of imidazole rings is 1. The van der Waals surface area contributed by atoms with E-state index in [1.807, 2.05) is 6.92 Å². The normalized spacial score (nSPS) is 18.3. The maximum absolute atomic E-state index is 11.5. The van der Waals surface area contributed by atoms with Crippen LogP contribution in [0.5, 0.6) is 0 Å². The molecule has 1 fully saturated rings. The van der Waals surface area contributed by atoms with E-state index >= 15 is 0 Å². The van der Waals surface area contributed by atoms with Gasteiger partial charge in [-0.1, -0.05) is 39.2 Å². The first-order valence-corrected chi connectivity index (χ1v) is 10.8. The number of hydroxylamine groups is 1. The quantitative estimate of drug-likeness (QED) is 0.345. The molecule has 28 heavy (non-hydrogen) atoms. The summed E-state index contributed by atoms with van der Waals surface area (Å²) in [6.45, 7) is 6.35. The second-order valence-electron chi connectivity index (χ2n) is 8.10. The Morgan fingerprint density at radius 3 is 2.96 bits per heavy atom. The first-order valence-electron chi connectivity index (χ1n) is 10.8. The molecule has 3 N–H and O–H groups in total. The highest BCUT2D eigenvalue weighted by atomic mass is 16.5. The number of carbonyl (C=O) groups is 1. The molecule has 1 aromatic heterocycles. The van der Waals surface area contributed by atoms with Crippen molar-refractivity contribution in [2.45, 2.75) is 77.2 Å². The molecule has 154 valence electrons. The molecule has 0 aliphatic carbocycles. The van der Waals surface area contributed by atoms with Gasteiger partial charge in [-0.05, 0) is 49.4 Å². The zero-order valence-electron chi connectivity index (χ0n) is 17.2. The highest BCUT2D eigenvalue weighted by Crippen LogP contribution is 2.29. The molecule has 1 amide bonds. The molecule has 0 saturated carbocycles. The van der Waals surface area contributed by atoms with Crippen LogP contribution < -0.4 is 10.8 Å². The van der Waals surface area contributed by atoms with E-state index in [-0.39, 0.29) is 18.2 Å². The standard InChI is InChI=1S/C22H34N4O2/c1-3-4-5-6-9-21-24-19-14-17(16(2)13-22(27)25-28)10-11-20(19)26(21)18-8-7-12-23-15-18/h10-11,14,16,18,23,28H,3-9,12-13,15H2,1-2H3,(H,25,27). The molecule has 0 radical (unpaired) electrons. The van der Waals surface area contributed by atoms with Crippen molar-refractivity contribution in [1.82, 2.24) is 20.3 Å². The SMILES string of the molecule is CCCCCCc1nc2cc(C(C)CC(=O)NO)ccc2n1C1CCCNC1. The summed E-state index contributed by atoms with van der Waals surface area (Å²) in [7, 11) is 0. The van der Waals surface area contributed by atoms with Crippen molar-refractivity contribution >= 4 is 16.9 Å². The number of amides is 1. The molecule has 2 aromatic rings. The average Bonchev–Trinajstić information content (AvgIpc) is 3.09. The van der Waals surface area contributed by atoms with Gasteiger partial charge >= 0.3 is 0 Å². The van der Waals surface area contributed by atoms with Crippen LogP contribution in [0.25, 0.3) is 11.0 Å². The van der Waals surface area contributed by atoms with Crippen LogP contribution in [-0.2, 0) is 11.2 Å². The van der Waals surface area contributed by atoms with E-state index in [0.29, 0.717) is 6.04 Å².